The molecule has 0 aromatic carbocycles. The lowest BCUT2D eigenvalue weighted by Crippen LogP contribution is -2.27. The lowest BCUT2D eigenvalue weighted by atomic mass is 10.1. The first kappa shape index (κ1) is 37.1. The van der Waals surface area contributed by atoms with Gasteiger partial charge in [0.2, 0.25) is 0 Å². The fraction of sp³-hybridized carbons (Fsp3) is 1.00. The van der Waals surface area contributed by atoms with Gasteiger partial charge in [-0.15, -0.1) is 0 Å². The van der Waals surface area contributed by atoms with Crippen LogP contribution in [0, 0.1) is 0 Å². The van der Waals surface area contributed by atoms with Crippen LogP contribution >= 0.6 is 0 Å². The number of hydrogen-bond acceptors (Lipinski definition) is 2. The molecule has 214 valence electrons. The fourth-order valence-corrected chi connectivity index (χ4v) is 4.63. The van der Waals surface area contributed by atoms with Crippen LogP contribution in [0.2, 0.25) is 0 Å². The number of rotatable bonds is 28. The summed E-state index contributed by atoms with van der Waals surface area (Å²) in [5.41, 5.74) is 0. The van der Waals surface area contributed by atoms with Gasteiger partial charge >= 0.3 is 0 Å². The molecule has 0 atom stereocenters. The number of nitrogens with zero attached hydrogens (tertiary/aromatic N) is 1. The van der Waals surface area contributed by atoms with E-state index in [1.54, 1.807) is 0 Å². The molecule has 0 amide bonds. The Morgan fingerprint density at radius 2 is 0.571 bits per heavy atom. The SMILES string of the molecule is CCCCCCCCCNCCCCCCCCC.CCCCCN(CCCCC)CCCCC. The molecule has 0 aliphatic carbocycles. The molecule has 0 unspecified atom stereocenters. The molecule has 35 heavy (non-hydrogen) atoms. The van der Waals surface area contributed by atoms with Crippen LogP contribution in [0.5, 0.6) is 0 Å². The van der Waals surface area contributed by atoms with Crippen LogP contribution in [0.15, 0.2) is 0 Å². The van der Waals surface area contributed by atoms with Gasteiger partial charge in [-0.1, -0.05) is 150 Å². The normalized spacial score (nSPS) is 11.1. The summed E-state index contributed by atoms with van der Waals surface area (Å²) < 4.78 is 0. The molecule has 2 nitrogen and oxygen atoms in total. The minimum absolute atomic E-state index is 1.24. The van der Waals surface area contributed by atoms with E-state index in [9.17, 15) is 0 Å². The average molecular weight is 497 g/mol. The second-order valence-corrected chi connectivity index (χ2v) is 11.0. The predicted octanol–water partition coefficient (Wildman–Crippen LogP) is 10.9. The van der Waals surface area contributed by atoms with Crippen LogP contribution in [0.1, 0.15) is 182 Å². The van der Waals surface area contributed by atoms with E-state index in [-0.39, 0.29) is 0 Å². The second kappa shape index (κ2) is 36.1. The van der Waals surface area contributed by atoms with Crippen molar-refractivity contribution in [2.75, 3.05) is 32.7 Å². The summed E-state index contributed by atoms with van der Waals surface area (Å²) in [6.07, 6.45) is 32.3. The zero-order chi connectivity index (χ0) is 26.1. The first-order valence-corrected chi connectivity index (χ1v) is 16.7. The van der Waals surface area contributed by atoms with Gasteiger partial charge in [-0.05, 0) is 64.8 Å². The molecule has 0 rings (SSSR count). The number of nitrogens with one attached hydrogen (secondary N) is 1. The minimum Gasteiger partial charge on any atom is -0.317 e. The first-order valence-electron chi connectivity index (χ1n) is 16.7. The molecule has 0 saturated heterocycles. The lowest BCUT2D eigenvalue weighted by Gasteiger charge is -2.22. The van der Waals surface area contributed by atoms with E-state index in [1.165, 1.54) is 180 Å². The highest BCUT2D eigenvalue weighted by Crippen LogP contribution is 2.08. The Morgan fingerprint density at radius 3 is 0.886 bits per heavy atom. The Bertz CT molecular complexity index is 291. The van der Waals surface area contributed by atoms with E-state index in [0.717, 1.165) is 0 Å². The van der Waals surface area contributed by atoms with Crippen LogP contribution < -0.4 is 5.32 Å². The van der Waals surface area contributed by atoms with Gasteiger partial charge in [0.25, 0.3) is 0 Å². The molecule has 0 aliphatic heterocycles. The summed E-state index contributed by atoms with van der Waals surface area (Å²) in [6.45, 7) is 17.9. The molecule has 0 saturated carbocycles. The molecule has 0 radical (unpaired) electrons. The highest BCUT2D eigenvalue weighted by atomic mass is 15.1. The van der Waals surface area contributed by atoms with Crippen molar-refractivity contribution < 1.29 is 0 Å². The Balaban J connectivity index is 0. The van der Waals surface area contributed by atoms with Crippen molar-refractivity contribution in [3.63, 3.8) is 0 Å². The number of unbranched alkanes of at least 4 members (excludes halogenated alkanes) is 18. The Labute approximate surface area is 225 Å². The van der Waals surface area contributed by atoms with E-state index in [0.29, 0.717) is 0 Å². The van der Waals surface area contributed by atoms with Gasteiger partial charge in [-0.25, -0.2) is 0 Å². The molecule has 0 aliphatic rings. The summed E-state index contributed by atoms with van der Waals surface area (Å²) in [4.78, 5) is 2.70. The molecule has 2 heteroatoms. The van der Waals surface area contributed by atoms with Gasteiger partial charge in [0.15, 0.2) is 0 Å². The summed E-state index contributed by atoms with van der Waals surface area (Å²) in [5.74, 6) is 0. The van der Waals surface area contributed by atoms with Gasteiger partial charge in [0, 0.05) is 0 Å². The average Bonchev–Trinajstić information content (AvgIpc) is 2.87. The maximum atomic E-state index is 3.59. The van der Waals surface area contributed by atoms with Gasteiger partial charge in [0.05, 0.1) is 0 Å². The second-order valence-electron chi connectivity index (χ2n) is 11.0. The predicted molar refractivity (Wildman–Crippen MR) is 164 cm³/mol. The topological polar surface area (TPSA) is 15.3 Å². The lowest BCUT2D eigenvalue weighted by molar-refractivity contribution is 0.256. The summed E-state index contributed by atoms with van der Waals surface area (Å²) >= 11 is 0. The van der Waals surface area contributed by atoms with E-state index >= 15 is 0 Å². The maximum Gasteiger partial charge on any atom is -0.00187 e. The van der Waals surface area contributed by atoms with E-state index in [1.807, 2.05) is 0 Å². The third-order valence-electron chi connectivity index (χ3n) is 7.15. The molecule has 0 aromatic heterocycles. The van der Waals surface area contributed by atoms with Crippen LogP contribution in [0.25, 0.3) is 0 Å². The monoisotopic (exact) mass is 497 g/mol. The van der Waals surface area contributed by atoms with Gasteiger partial charge < -0.3 is 10.2 Å². The van der Waals surface area contributed by atoms with Crippen molar-refractivity contribution in [3.05, 3.63) is 0 Å². The van der Waals surface area contributed by atoms with Gasteiger partial charge in [-0.3, -0.25) is 0 Å². The molecule has 0 aromatic rings. The van der Waals surface area contributed by atoms with Crippen molar-refractivity contribution in [3.8, 4) is 0 Å². The standard InChI is InChI=1S/C18H39N.C15H33N/c1-3-5-7-9-11-13-15-17-19-18-16-14-12-10-8-6-4-2;1-4-7-10-13-16(14-11-8-5-2)15-12-9-6-3/h19H,3-18H2,1-2H3;4-15H2,1-3H3. The van der Waals surface area contributed by atoms with Crippen molar-refractivity contribution in [1.82, 2.24) is 10.2 Å². The highest BCUT2D eigenvalue weighted by molar-refractivity contribution is 4.59. The first-order chi connectivity index (χ1) is 17.3. The maximum absolute atomic E-state index is 3.59. The van der Waals surface area contributed by atoms with Crippen LogP contribution in [-0.2, 0) is 0 Å². The molecule has 0 spiro atoms. The molecule has 0 fully saturated rings. The largest absolute Gasteiger partial charge is 0.317 e. The van der Waals surface area contributed by atoms with Crippen molar-refractivity contribution in [2.24, 2.45) is 0 Å². The highest BCUT2D eigenvalue weighted by Gasteiger charge is 2.03. The van der Waals surface area contributed by atoms with Crippen LogP contribution in [0.4, 0.5) is 0 Å². The van der Waals surface area contributed by atoms with Gasteiger partial charge in [0.1, 0.15) is 0 Å². The van der Waals surface area contributed by atoms with Gasteiger partial charge in [-0.2, -0.15) is 0 Å². The zero-order valence-electron chi connectivity index (χ0n) is 25.7. The van der Waals surface area contributed by atoms with E-state index in [4.69, 9.17) is 0 Å². The summed E-state index contributed by atoms with van der Waals surface area (Å²) in [6, 6.07) is 0. The smallest absolute Gasteiger partial charge is 0.00187 e. The van der Waals surface area contributed by atoms with Crippen LogP contribution in [-0.4, -0.2) is 37.6 Å². The quantitative estimate of drug-likeness (QED) is 0.108. The van der Waals surface area contributed by atoms with Crippen molar-refractivity contribution >= 4 is 0 Å². The molecular weight excluding hydrogens is 424 g/mol. The minimum atomic E-state index is 1.24. The Kier molecular flexibility index (Phi) is 38.2. The zero-order valence-corrected chi connectivity index (χ0v) is 25.7. The molecule has 1 N–H and O–H groups in total. The van der Waals surface area contributed by atoms with Crippen molar-refractivity contribution in [2.45, 2.75) is 182 Å². The van der Waals surface area contributed by atoms with E-state index in [2.05, 4.69) is 44.8 Å². The van der Waals surface area contributed by atoms with Crippen molar-refractivity contribution in [1.29, 1.82) is 0 Å². The molecule has 0 heterocycles. The number of hydrogen-bond donors (Lipinski definition) is 1. The molecular formula is C33H72N2. The third-order valence-corrected chi connectivity index (χ3v) is 7.15. The summed E-state index contributed by atoms with van der Waals surface area (Å²) in [5, 5.41) is 3.59. The third kappa shape index (κ3) is 36.1. The summed E-state index contributed by atoms with van der Waals surface area (Å²) in [7, 11) is 0. The Hall–Kier alpha value is -0.0800. The van der Waals surface area contributed by atoms with E-state index < -0.39 is 0 Å². The van der Waals surface area contributed by atoms with Crippen LogP contribution in [0.3, 0.4) is 0 Å². The Morgan fingerprint density at radius 1 is 0.314 bits per heavy atom. The fourth-order valence-electron chi connectivity index (χ4n) is 4.63. The molecule has 0 bridgehead atoms.